The number of β-amino-alcohol motifs (C(OH)–C–C–N with tert-alkyl or cyclic N) is 1. The maximum Gasteiger partial charge on any atom is 0.410 e. The molecule has 0 spiro atoms. The van der Waals surface area contributed by atoms with Crippen molar-refractivity contribution in [2.45, 2.75) is 44.9 Å². The minimum Gasteiger partial charge on any atom is -0.444 e. The van der Waals surface area contributed by atoms with E-state index in [1.165, 1.54) is 15.8 Å². The van der Waals surface area contributed by atoms with Crippen LogP contribution < -0.4 is 5.56 Å². The number of ether oxygens (including phenoxy) is 1. The molecule has 1 atom stereocenters. The van der Waals surface area contributed by atoms with E-state index in [0.717, 1.165) is 15.2 Å². The normalized spacial score (nSPS) is 20.0. The van der Waals surface area contributed by atoms with Crippen LogP contribution in [0, 0.1) is 0 Å². The monoisotopic (exact) mass is 473 g/mol. The van der Waals surface area contributed by atoms with Gasteiger partial charge in [-0.2, -0.15) is 0 Å². The van der Waals surface area contributed by atoms with Crippen LogP contribution in [0.3, 0.4) is 0 Å². The largest absolute Gasteiger partial charge is 0.444 e. The van der Waals surface area contributed by atoms with Crippen molar-refractivity contribution in [2.75, 3.05) is 13.1 Å². The number of benzene rings is 2. The lowest BCUT2D eigenvalue weighted by Crippen LogP contribution is -2.55. The zero-order valence-electron chi connectivity index (χ0n) is 17.2. The minimum atomic E-state index is -1.55. The topological polar surface area (TPSA) is 84.7 Å². The molecule has 1 aromatic heterocycles. The van der Waals surface area contributed by atoms with Crippen molar-refractivity contribution < 1.29 is 14.6 Å². The summed E-state index contributed by atoms with van der Waals surface area (Å²) in [6.45, 7) is 5.80. The van der Waals surface area contributed by atoms with Gasteiger partial charge < -0.3 is 14.7 Å². The van der Waals surface area contributed by atoms with Crippen LogP contribution in [-0.4, -0.2) is 44.3 Å². The van der Waals surface area contributed by atoms with Gasteiger partial charge in [0.2, 0.25) is 0 Å². The quantitative estimate of drug-likeness (QED) is 0.540. The van der Waals surface area contributed by atoms with Crippen LogP contribution in [0.1, 0.15) is 33.6 Å². The molecule has 0 bridgehead atoms. The first kappa shape index (κ1) is 20.8. The van der Waals surface area contributed by atoms with E-state index in [1.807, 2.05) is 24.3 Å². The van der Waals surface area contributed by atoms with Gasteiger partial charge in [0.05, 0.1) is 17.4 Å². The summed E-state index contributed by atoms with van der Waals surface area (Å²) in [6.07, 6.45) is 1.76. The Morgan fingerprint density at radius 2 is 1.93 bits per heavy atom. The zero-order valence-corrected chi connectivity index (χ0v) is 18.8. The maximum absolute atomic E-state index is 13.3. The van der Waals surface area contributed by atoms with E-state index in [9.17, 15) is 14.7 Å². The van der Waals surface area contributed by atoms with Gasteiger partial charge in [0.1, 0.15) is 11.9 Å². The third-order valence-electron chi connectivity index (χ3n) is 5.27. The smallest absolute Gasteiger partial charge is 0.410 e. The summed E-state index contributed by atoms with van der Waals surface area (Å²) in [6, 6.07) is 9.44. The molecule has 1 aliphatic rings. The molecule has 0 radical (unpaired) electrons. The maximum atomic E-state index is 13.3. The Morgan fingerprint density at radius 3 is 2.63 bits per heavy atom. The highest BCUT2D eigenvalue weighted by atomic mass is 79.9. The number of halogens is 1. The van der Waals surface area contributed by atoms with Gasteiger partial charge in [-0.1, -0.05) is 40.2 Å². The predicted molar refractivity (Wildman–Crippen MR) is 118 cm³/mol. The number of hydrogen-bond acceptors (Lipinski definition) is 5. The Morgan fingerprint density at radius 1 is 1.23 bits per heavy atom. The molecule has 3 aromatic rings. The van der Waals surface area contributed by atoms with E-state index in [4.69, 9.17) is 4.74 Å². The Labute approximate surface area is 182 Å². The van der Waals surface area contributed by atoms with Crippen LogP contribution in [0.5, 0.6) is 0 Å². The molecule has 1 fully saturated rings. The van der Waals surface area contributed by atoms with Crippen molar-refractivity contribution in [3.05, 3.63) is 51.5 Å². The molecule has 0 saturated carbocycles. The highest BCUT2D eigenvalue weighted by molar-refractivity contribution is 9.10. The van der Waals surface area contributed by atoms with E-state index < -0.39 is 17.4 Å². The summed E-state index contributed by atoms with van der Waals surface area (Å²) >= 11 is 3.53. The standard InChI is InChI=1S/C22H24BrN3O4/c1-21(2,3)30-20(28)25-10-6-9-22(29,12-25)26-13-24-18-15-8-5-4-7-14(15)17(23)11-16(18)19(26)27/h4-5,7-8,11,13,29H,6,9-10,12H2,1-3H3. The van der Waals surface area contributed by atoms with E-state index in [2.05, 4.69) is 20.9 Å². The van der Waals surface area contributed by atoms with Gasteiger partial charge in [0.25, 0.3) is 5.56 Å². The fourth-order valence-corrected chi connectivity index (χ4v) is 4.48. The first-order valence-corrected chi connectivity index (χ1v) is 10.7. The third-order valence-corrected chi connectivity index (χ3v) is 5.92. The first-order valence-electron chi connectivity index (χ1n) is 9.88. The number of carbonyl (C=O) groups is 1. The number of nitrogens with zero attached hydrogens (tertiary/aromatic N) is 3. The second kappa shape index (κ2) is 7.35. The molecule has 2 aromatic carbocycles. The van der Waals surface area contributed by atoms with Crippen LogP contribution in [0.25, 0.3) is 21.7 Å². The van der Waals surface area contributed by atoms with E-state index >= 15 is 0 Å². The van der Waals surface area contributed by atoms with Crippen molar-refractivity contribution in [3.8, 4) is 0 Å². The van der Waals surface area contributed by atoms with Crippen molar-refractivity contribution in [2.24, 2.45) is 0 Å². The predicted octanol–water partition coefficient (Wildman–Crippen LogP) is 3.99. The number of amides is 1. The Kier molecular flexibility index (Phi) is 5.10. The fourth-order valence-electron chi connectivity index (χ4n) is 3.91. The van der Waals surface area contributed by atoms with Gasteiger partial charge in [0, 0.05) is 16.4 Å². The van der Waals surface area contributed by atoms with Gasteiger partial charge in [-0.05, 0) is 45.1 Å². The lowest BCUT2D eigenvalue weighted by molar-refractivity contribution is -0.0977. The SMILES string of the molecule is CC(C)(C)OC(=O)N1CCCC(O)(n2cnc3c(cc(Br)c4ccccc43)c2=O)C1. The number of aromatic nitrogens is 2. The lowest BCUT2D eigenvalue weighted by atomic mass is 10.0. The van der Waals surface area contributed by atoms with Crippen LogP contribution in [0.4, 0.5) is 4.79 Å². The number of hydrogen-bond donors (Lipinski definition) is 1. The molecule has 1 N–H and O–H groups in total. The van der Waals surface area contributed by atoms with Gasteiger partial charge in [-0.3, -0.25) is 9.36 Å². The average molecular weight is 474 g/mol. The Balaban J connectivity index is 1.77. The molecule has 1 aliphatic heterocycles. The van der Waals surface area contributed by atoms with Gasteiger partial charge in [-0.15, -0.1) is 0 Å². The minimum absolute atomic E-state index is 0.0379. The van der Waals surface area contributed by atoms with Crippen LogP contribution in [0.15, 0.2) is 45.9 Å². The molecular weight excluding hydrogens is 450 g/mol. The van der Waals surface area contributed by atoms with Gasteiger partial charge in [0.15, 0.2) is 5.72 Å². The fraction of sp³-hybridized carbons (Fsp3) is 0.409. The van der Waals surface area contributed by atoms with Crippen LogP contribution in [-0.2, 0) is 10.5 Å². The first-order chi connectivity index (χ1) is 14.1. The molecule has 158 valence electrons. The summed E-state index contributed by atoms with van der Waals surface area (Å²) in [7, 11) is 0. The molecular formula is C22H24BrN3O4. The number of rotatable bonds is 1. The summed E-state index contributed by atoms with van der Waals surface area (Å²) in [5.74, 6) is 0. The molecule has 1 amide bonds. The van der Waals surface area contributed by atoms with Crippen molar-refractivity contribution in [1.82, 2.24) is 14.5 Å². The van der Waals surface area contributed by atoms with Crippen LogP contribution in [0.2, 0.25) is 0 Å². The summed E-state index contributed by atoms with van der Waals surface area (Å²) in [5, 5.41) is 13.6. The van der Waals surface area contributed by atoms with E-state index in [-0.39, 0.29) is 12.1 Å². The lowest BCUT2D eigenvalue weighted by Gasteiger charge is -2.40. The second-order valence-corrected chi connectivity index (χ2v) is 9.56. The average Bonchev–Trinajstić information content (AvgIpc) is 2.68. The van der Waals surface area contributed by atoms with Crippen molar-refractivity contribution >= 4 is 43.7 Å². The molecule has 30 heavy (non-hydrogen) atoms. The molecule has 7 nitrogen and oxygen atoms in total. The number of fused-ring (bicyclic) bond motifs is 3. The zero-order chi connectivity index (χ0) is 21.7. The number of carbonyl (C=O) groups excluding carboxylic acids is 1. The molecule has 2 heterocycles. The molecule has 4 rings (SSSR count). The summed E-state index contributed by atoms with van der Waals surface area (Å²) in [4.78, 5) is 31.8. The number of likely N-dealkylation sites (tertiary alicyclic amines) is 1. The van der Waals surface area contributed by atoms with E-state index in [1.54, 1.807) is 26.8 Å². The highest BCUT2D eigenvalue weighted by Crippen LogP contribution is 2.31. The highest BCUT2D eigenvalue weighted by Gasteiger charge is 2.39. The summed E-state index contributed by atoms with van der Waals surface area (Å²) < 4.78 is 7.47. The molecule has 1 saturated heterocycles. The van der Waals surface area contributed by atoms with E-state index in [0.29, 0.717) is 30.3 Å². The van der Waals surface area contributed by atoms with Crippen LogP contribution >= 0.6 is 15.9 Å². The molecule has 8 heteroatoms. The van der Waals surface area contributed by atoms with Crippen molar-refractivity contribution in [3.63, 3.8) is 0 Å². The second-order valence-electron chi connectivity index (χ2n) is 8.71. The van der Waals surface area contributed by atoms with Gasteiger partial charge in [-0.25, -0.2) is 9.78 Å². The van der Waals surface area contributed by atoms with Crippen molar-refractivity contribution in [1.29, 1.82) is 0 Å². The number of aliphatic hydroxyl groups is 1. The van der Waals surface area contributed by atoms with Gasteiger partial charge >= 0.3 is 6.09 Å². The molecule has 0 aliphatic carbocycles. The Bertz CT molecular complexity index is 1200. The third kappa shape index (κ3) is 3.70. The summed E-state index contributed by atoms with van der Waals surface area (Å²) in [5.41, 5.74) is -1.95. The Hall–Kier alpha value is -2.45. The molecule has 1 unspecified atom stereocenters. The number of piperidine rings is 1.